The molecule has 7 nitrogen and oxygen atoms in total. The average Bonchev–Trinajstić information content (AvgIpc) is 2.81. The number of benzene rings is 2. The van der Waals surface area contributed by atoms with Gasteiger partial charge >= 0.3 is 0 Å². The van der Waals surface area contributed by atoms with E-state index in [-0.39, 0.29) is 37.4 Å². The highest BCUT2D eigenvalue weighted by molar-refractivity contribution is 9.10. The molecule has 0 aliphatic carbocycles. The van der Waals surface area contributed by atoms with Crippen LogP contribution in [0.1, 0.15) is 56.7 Å². The number of carbonyl (C=O) groups excluding carboxylic acids is 2. The minimum absolute atomic E-state index is 0.00543. The van der Waals surface area contributed by atoms with Crippen LogP contribution in [0.15, 0.2) is 46.9 Å². The second kappa shape index (κ2) is 13.2. The Kier molecular flexibility index (Phi) is 11.0. The SMILES string of the molecule is CC[C@@H](C)NC(=O)[C@H](C)N(Cc1ccc(Br)cc1)C(=O)CCCN(c1ccc(C)c(C)c1)S(C)(=O)=O. The normalized spacial score (nSPS) is 13.1. The summed E-state index contributed by atoms with van der Waals surface area (Å²) in [6.07, 6.45) is 2.41. The number of nitrogens with zero attached hydrogens (tertiary/aromatic N) is 2. The quantitative estimate of drug-likeness (QED) is 0.385. The first-order valence-electron chi connectivity index (χ1n) is 12.2. The highest BCUT2D eigenvalue weighted by Crippen LogP contribution is 2.22. The fourth-order valence-electron chi connectivity index (χ4n) is 3.72. The number of nitrogens with one attached hydrogen (secondary N) is 1. The number of hydrogen-bond acceptors (Lipinski definition) is 4. The standard InChI is InChI=1S/C27H38BrN3O4S/c1-7-21(4)29-27(33)22(5)30(18-23-11-13-24(28)14-12-23)26(32)9-8-16-31(36(6,34)35)25-15-10-19(2)20(3)17-25/h10-15,17,21-22H,7-9,16,18H2,1-6H3,(H,29,33)/t21-,22+/m1/s1. The molecule has 0 heterocycles. The summed E-state index contributed by atoms with van der Waals surface area (Å²) in [4.78, 5) is 27.8. The molecule has 0 saturated heterocycles. The largest absolute Gasteiger partial charge is 0.352 e. The second-order valence-electron chi connectivity index (χ2n) is 9.35. The van der Waals surface area contributed by atoms with Gasteiger partial charge < -0.3 is 10.2 Å². The summed E-state index contributed by atoms with van der Waals surface area (Å²) in [5.74, 6) is -0.402. The van der Waals surface area contributed by atoms with Crippen LogP contribution in [0.25, 0.3) is 0 Å². The van der Waals surface area contributed by atoms with E-state index in [1.54, 1.807) is 17.9 Å². The van der Waals surface area contributed by atoms with Crippen molar-refractivity contribution in [1.29, 1.82) is 0 Å². The molecule has 36 heavy (non-hydrogen) atoms. The number of rotatable bonds is 12. The highest BCUT2D eigenvalue weighted by atomic mass is 79.9. The minimum atomic E-state index is -3.52. The van der Waals surface area contributed by atoms with Gasteiger partial charge in [-0.1, -0.05) is 41.1 Å². The summed E-state index contributed by atoms with van der Waals surface area (Å²) in [6.45, 7) is 10.0. The Hall–Kier alpha value is -2.39. The van der Waals surface area contributed by atoms with Crippen LogP contribution in [0, 0.1) is 13.8 Å². The van der Waals surface area contributed by atoms with Crippen molar-refractivity contribution >= 4 is 43.5 Å². The van der Waals surface area contributed by atoms with Crippen LogP contribution in [0.2, 0.25) is 0 Å². The lowest BCUT2D eigenvalue weighted by atomic mass is 10.1. The molecule has 0 spiro atoms. The summed E-state index contributed by atoms with van der Waals surface area (Å²) >= 11 is 3.42. The molecular weight excluding hydrogens is 542 g/mol. The Bertz CT molecular complexity index is 1150. The number of halogens is 1. The van der Waals surface area contributed by atoms with Gasteiger partial charge in [0, 0.05) is 30.0 Å². The molecule has 0 aliphatic heterocycles. The van der Waals surface area contributed by atoms with E-state index in [4.69, 9.17) is 0 Å². The van der Waals surface area contributed by atoms with Crippen molar-refractivity contribution in [2.75, 3.05) is 17.1 Å². The summed E-state index contributed by atoms with van der Waals surface area (Å²) < 4.78 is 27.3. The topological polar surface area (TPSA) is 86.8 Å². The molecule has 1 N–H and O–H groups in total. The molecule has 0 fully saturated rings. The molecular formula is C27H38BrN3O4S. The summed E-state index contributed by atoms with van der Waals surface area (Å²) in [7, 11) is -3.52. The molecule has 198 valence electrons. The van der Waals surface area contributed by atoms with Crippen LogP contribution in [0.4, 0.5) is 5.69 Å². The zero-order chi connectivity index (χ0) is 27.0. The first kappa shape index (κ1) is 29.8. The van der Waals surface area contributed by atoms with Gasteiger partial charge in [0.05, 0.1) is 11.9 Å². The van der Waals surface area contributed by atoms with E-state index < -0.39 is 16.1 Å². The van der Waals surface area contributed by atoms with Crippen molar-refractivity contribution in [1.82, 2.24) is 10.2 Å². The van der Waals surface area contributed by atoms with Gasteiger partial charge in [-0.3, -0.25) is 13.9 Å². The van der Waals surface area contributed by atoms with Gasteiger partial charge in [0.2, 0.25) is 21.8 Å². The van der Waals surface area contributed by atoms with Crippen LogP contribution < -0.4 is 9.62 Å². The van der Waals surface area contributed by atoms with Crippen molar-refractivity contribution in [2.45, 2.75) is 72.5 Å². The third kappa shape index (κ3) is 8.62. The van der Waals surface area contributed by atoms with Crippen molar-refractivity contribution in [3.05, 3.63) is 63.6 Å². The van der Waals surface area contributed by atoms with Gasteiger partial charge in [-0.2, -0.15) is 0 Å². The van der Waals surface area contributed by atoms with Gasteiger partial charge in [0.1, 0.15) is 6.04 Å². The lowest BCUT2D eigenvalue weighted by Gasteiger charge is -2.30. The van der Waals surface area contributed by atoms with E-state index in [1.807, 2.05) is 64.1 Å². The van der Waals surface area contributed by atoms with E-state index in [1.165, 1.54) is 10.6 Å². The van der Waals surface area contributed by atoms with Crippen LogP contribution >= 0.6 is 15.9 Å². The van der Waals surface area contributed by atoms with Gasteiger partial charge in [0.25, 0.3) is 0 Å². The number of carbonyl (C=O) groups is 2. The van der Waals surface area contributed by atoms with E-state index in [2.05, 4.69) is 21.2 Å². The predicted octanol–water partition coefficient (Wildman–Crippen LogP) is 4.94. The zero-order valence-electron chi connectivity index (χ0n) is 22.0. The number of amides is 2. The zero-order valence-corrected chi connectivity index (χ0v) is 24.4. The third-order valence-corrected chi connectivity index (χ3v) is 8.09. The van der Waals surface area contributed by atoms with Crippen molar-refractivity contribution in [3.63, 3.8) is 0 Å². The average molecular weight is 581 g/mol. The molecule has 9 heteroatoms. The molecule has 0 aromatic heterocycles. The van der Waals surface area contributed by atoms with Crippen LogP contribution in [0.5, 0.6) is 0 Å². The third-order valence-electron chi connectivity index (χ3n) is 6.37. The Morgan fingerprint density at radius 3 is 2.22 bits per heavy atom. The lowest BCUT2D eigenvalue weighted by molar-refractivity contribution is -0.140. The molecule has 2 aromatic carbocycles. The Labute approximate surface area is 224 Å². The number of aryl methyl sites for hydroxylation is 2. The van der Waals surface area contributed by atoms with E-state index in [0.29, 0.717) is 12.1 Å². The van der Waals surface area contributed by atoms with Crippen molar-refractivity contribution in [2.24, 2.45) is 0 Å². The minimum Gasteiger partial charge on any atom is -0.352 e. The first-order chi connectivity index (χ1) is 16.8. The molecule has 0 radical (unpaired) electrons. The van der Waals surface area contributed by atoms with Gasteiger partial charge in [0.15, 0.2) is 0 Å². The van der Waals surface area contributed by atoms with Gasteiger partial charge in [-0.05, 0) is 81.5 Å². The lowest BCUT2D eigenvalue weighted by Crippen LogP contribution is -2.49. The maximum atomic E-state index is 13.4. The molecule has 2 amide bonds. The fraction of sp³-hybridized carbons (Fsp3) is 0.481. The molecule has 2 aromatic rings. The Morgan fingerprint density at radius 1 is 1.03 bits per heavy atom. The first-order valence-corrected chi connectivity index (χ1v) is 14.9. The maximum absolute atomic E-state index is 13.4. The maximum Gasteiger partial charge on any atom is 0.242 e. The summed E-state index contributed by atoms with van der Waals surface area (Å²) in [5.41, 5.74) is 3.57. The summed E-state index contributed by atoms with van der Waals surface area (Å²) in [5, 5.41) is 2.96. The number of hydrogen-bond donors (Lipinski definition) is 1. The fourth-order valence-corrected chi connectivity index (χ4v) is 4.94. The van der Waals surface area contributed by atoms with Crippen molar-refractivity contribution in [3.8, 4) is 0 Å². The monoisotopic (exact) mass is 579 g/mol. The molecule has 2 atom stereocenters. The van der Waals surface area contributed by atoms with Gasteiger partial charge in [-0.15, -0.1) is 0 Å². The number of sulfonamides is 1. The molecule has 0 aliphatic rings. The van der Waals surface area contributed by atoms with Crippen LogP contribution in [-0.2, 0) is 26.2 Å². The predicted molar refractivity (Wildman–Crippen MR) is 149 cm³/mol. The second-order valence-corrected chi connectivity index (χ2v) is 12.2. The summed E-state index contributed by atoms with van der Waals surface area (Å²) in [6, 6.07) is 12.5. The molecule has 0 unspecified atom stereocenters. The van der Waals surface area contributed by atoms with E-state index in [9.17, 15) is 18.0 Å². The number of anilines is 1. The Morgan fingerprint density at radius 2 is 1.67 bits per heavy atom. The van der Waals surface area contributed by atoms with Gasteiger partial charge in [-0.25, -0.2) is 8.42 Å². The van der Waals surface area contributed by atoms with Crippen LogP contribution in [0.3, 0.4) is 0 Å². The van der Waals surface area contributed by atoms with E-state index in [0.717, 1.165) is 27.6 Å². The smallest absolute Gasteiger partial charge is 0.242 e. The van der Waals surface area contributed by atoms with Crippen LogP contribution in [-0.4, -0.2) is 50.0 Å². The van der Waals surface area contributed by atoms with E-state index >= 15 is 0 Å². The Balaban J connectivity index is 2.18. The molecule has 0 bridgehead atoms. The highest BCUT2D eigenvalue weighted by Gasteiger charge is 2.27. The van der Waals surface area contributed by atoms with Crippen molar-refractivity contribution < 1.29 is 18.0 Å². The molecule has 2 rings (SSSR count). The molecule has 0 saturated carbocycles.